The number of benzene rings is 3. The van der Waals surface area contributed by atoms with Crippen LogP contribution in [0.25, 0.3) is 0 Å². The van der Waals surface area contributed by atoms with Crippen LogP contribution in [0.3, 0.4) is 0 Å². The summed E-state index contributed by atoms with van der Waals surface area (Å²) in [6.07, 6.45) is -1.45. The molecule has 1 heterocycles. The van der Waals surface area contributed by atoms with E-state index in [1.807, 2.05) is 44.2 Å². The number of carbonyl (C=O) groups is 3. The van der Waals surface area contributed by atoms with Crippen LogP contribution in [-0.4, -0.2) is 68.6 Å². The number of hydrogen-bond acceptors (Lipinski definition) is 7. The maximum Gasteiger partial charge on any atom is 0.254 e. The highest BCUT2D eigenvalue weighted by Gasteiger charge is 2.50. The molecule has 3 N–H and O–H groups in total. The van der Waals surface area contributed by atoms with Crippen LogP contribution in [0.5, 0.6) is 11.5 Å². The summed E-state index contributed by atoms with van der Waals surface area (Å²) in [5, 5.41) is 24.3. The van der Waals surface area contributed by atoms with Crippen molar-refractivity contribution in [3.05, 3.63) is 95.1 Å². The summed E-state index contributed by atoms with van der Waals surface area (Å²) < 4.78 is 4.66. The number of ether oxygens (including phenoxy) is 1. The first-order chi connectivity index (χ1) is 19.0. The van der Waals surface area contributed by atoms with Gasteiger partial charge in [0.15, 0.2) is 11.9 Å². The van der Waals surface area contributed by atoms with Crippen molar-refractivity contribution in [2.75, 3.05) is 13.0 Å². The molecule has 3 aromatic carbocycles. The second-order valence-electron chi connectivity index (χ2n) is 10.3. The Kier molecular flexibility index (Phi) is 8.85. The number of nitrogens with zero attached hydrogens (tertiary/aromatic N) is 1. The van der Waals surface area contributed by atoms with Gasteiger partial charge in [0.25, 0.3) is 11.8 Å². The van der Waals surface area contributed by atoms with Crippen molar-refractivity contribution < 1.29 is 29.3 Å². The number of phenols is 1. The number of aliphatic hydroxyl groups excluding tert-OH is 1. The van der Waals surface area contributed by atoms with Crippen LogP contribution in [0, 0.1) is 6.92 Å². The second-order valence-corrected chi connectivity index (χ2v) is 11.9. The third-order valence-corrected chi connectivity index (χ3v) is 8.60. The van der Waals surface area contributed by atoms with E-state index in [2.05, 4.69) is 5.32 Å². The number of hydrogen-bond donors (Lipinski definition) is 3. The van der Waals surface area contributed by atoms with Crippen LogP contribution in [-0.2, 0) is 11.2 Å². The molecule has 2 amide bonds. The summed E-state index contributed by atoms with van der Waals surface area (Å²) in [5.41, 5.74) is 1.84. The van der Waals surface area contributed by atoms with Gasteiger partial charge in [-0.25, -0.2) is 0 Å². The van der Waals surface area contributed by atoms with Crippen molar-refractivity contribution in [3.63, 3.8) is 0 Å². The molecule has 0 spiro atoms. The Balaban J connectivity index is 1.63. The van der Waals surface area contributed by atoms with E-state index in [1.54, 1.807) is 43.3 Å². The lowest BCUT2D eigenvalue weighted by molar-refractivity contribution is -0.141. The molecule has 210 valence electrons. The molecular weight excluding hydrogens is 528 g/mol. The molecule has 3 aromatic rings. The molecule has 9 heteroatoms. The van der Waals surface area contributed by atoms with E-state index in [0.717, 1.165) is 5.56 Å². The smallest absolute Gasteiger partial charge is 0.254 e. The summed E-state index contributed by atoms with van der Waals surface area (Å²) in [6, 6.07) is 18.8. The zero-order chi connectivity index (χ0) is 29.0. The molecule has 40 heavy (non-hydrogen) atoms. The standard InChI is InChI=1S/C31H34N2O6S/c1-19-23(14-9-15-25(19)34)29(37)32-24(16-20-10-6-5-7-11-20)27(36)30(38)33-18-40-31(2,3)28(33)26(35)21-12-8-13-22(17-21)39-4/h5-15,17,24,27-28,34,36H,16,18H2,1-4H3,(H,32,37)/t24-,27-,28?/m0/s1. The van der Waals surface area contributed by atoms with E-state index in [0.29, 0.717) is 16.9 Å². The average Bonchev–Trinajstić information content (AvgIpc) is 3.27. The number of aliphatic hydroxyl groups is 1. The molecule has 0 radical (unpaired) electrons. The Bertz CT molecular complexity index is 1390. The van der Waals surface area contributed by atoms with Gasteiger partial charge >= 0.3 is 0 Å². The van der Waals surface area contributed by atoms with E-state index in [9.17, 15) is 24.6 Å². The molecule has 8 nitrogen and oxygen atoms in total. The monoisotopic (exact) mass is 562 g/mol. The van der Waals surface area contributed by atoms with E-state index in [1.165, 1.54) is 29.8 Å². The minimum absolute atomic E-state index is 0.0286. The molecule has 1 aliphatic heterocycles. The lowest BCUT2D eigenvalue weighted by Crippen LogP contribution is -2.57. The van der Waals surface area contributed by atoms with Gasteiger partial charge < -0.3 is 25.2 Å². The maximum absolute atomic E-state index is 13.9. The quantitative estimate of drug-likeness (QED) is 0.338. The third-order valence-electron chi connectivity index (χ3n) is 7.23. The molecule has 1 fully saturated rings. The van der Waals surface area contributed by atoms with E-state index in [4.69, 9.17) is 4.74 Å². The van der Waals surface area contributed by atoms with Gasteiger partial charge in [0.05, 0.1) is 19.0 Å². The first kappa shape index (κ1) is 29.2. The van der Waals surface area contributed by atoms with Crippen LogP contribution in [0.1, 0.15) is 45.7 Å². The van der Waals surface area contributed by atoms with E-state index >= 15 is 0 Å². The fourth-order valence-corrected chi connectivity index (χ4v) is 6.05. The third kappa shape index (κ3) is 6.16. The highest BCUT2D eigenvalue weighted by molar-refractivity contribution is 8.00. The van der Waals surface area contributed by atoms with Gasteiger partial charge in [-0.05, 0) is 57.0 Å². The molecule has 0 saturated carbocycles. The fourth-order valence-electron chi connectivity index (χ4n) is 4.91. The minimum Gasteiger partial charge on any atom is -0.508 e. The minimum atomic E-state index is -1.63. The first-order valence-electron chi connectivity index (χ1n) is 13.0. The van der Waals surface area contributed by atoms with Crippen molar-refractivity contribution in [1.82, 2.24) is 10.2 Å². The van der Waals surface area contributed by atoms with Gasteiger partial charge in [0.2, 0.25) is 0 Å². The highest BCUT2D eigenvalue weighted by Crippen LogP contribution is 2.41. The van der Waals surface area contributed by atoms with Gasteiger partial charge in [0, 0.05) is 21.4 Å². The van der Waals surface area contributed by atoms with Crippen molar-refractivity contribution >= 4 is 29.4 Å². The number of aromatic hydroxyl groups is 1. The van der Waals surface area contributed by atoms with Gasteiger partial charge in [-0.15, -0.1) is 11.8 Å². The molecule has 0 aliphatic carbocycles. The molecule has 1 saturated heterocycles. The topological polar surface area (TPSA) is 116 Å². The predicted octanol–water partition coefficient (Wildman–Crippen LogP) is 3.97. The fraction of sp³-hybridized carbons (Fsp3) is 0.323. The molecule has 4 rings (SSSR count). The van der Waals surface area contributed by atoms with Crippen LogP contribution >= 0.6 is 11.8 Å². The molecule has 1 unspecified atom stereocenters. The number of thioether (sulfide) groups is 1. The summed E-state index contributed by atoms with van der Waals surface area (Å²) >= 11 is 1.45. The number of Topliss-reactive ketones (excluding diaryl/α,β-unsaturated/α-hetero) is 1. The first-order valence-corrected chi connectivity index (χ1v) is 14.0. The Morgan fingerprint density at radius 1 is 1.07 bits per heavy atom. The number of methoxy groups -OCH3 is 1. The van der Waals surface area contributed by atoms with E-state index < -0.39 is 34.7 Å². The highest BCUT2D eigenvalue weighted by atomic mass is 32.2. The number of ketones is 1. The van der Waals surface area contributed by atoms with Gasteiger partial charge in [-0.2, -0.15) is 0 Å². The summed E-state index contributed by atoms with van der Waals surface area (Å²) in [7, 11) is 1.52. The molecule has 0 bridgehead atoms. The largest absolute Gasteiger partial charge is 0.508 e. The SMILES string of the molecule is COc1cccc(C(=O)C2N(C(=O)[C@@H](O)[C@H](Cc3ccccc3)NC(=O)c3cccc(O)c3C)CSC2(C)C)c1. The van der Waals surface area contributed by atoms with Gasteiger partial charge in [0.1, 0.15) is 17.5 Å². The average molecular weight is 563 g/mol. The van der Waals surface area contributed by atoms with Gasteiger partial charge in [-0.3, -0.25) is 14.4 Å². The number of amides is 2. The zero-order valence-corrected chi connectivity index (χ0v) is 23.8. The Hall–Kier alpha value is -3.82. The Morgan fingerprint density at radius 2 is 1.77 bits per heavy atom. The summed E-state index contributed by atoms with van der Waals surface area (Å²) in [4.78, 5) is 42.3. The molecular formula is C31H34N2O6S. The Labute approximate surface area is 238 Å². The summed E-state index contributed by atoms with van der Waals surface area (Å²) in [5.74, 6) is -0.719. The van der Waals surface area contributed by atoms with Crippen LogP contribution in [0.4, 0.5) is 0 Å². The number of phenolic OH excluding ortho intramolecular Hbond substituents is 1. The van der Waals surface area contributed by atoms with Crippen molar-refractivity contribution in [2.45, 2.75) is 50.1 Å². The normalized spacial score (nSPS) is 17.6. The number of carbonyl (C=O) groups excluding carboxylic acids is 3. The molecule has 3 atom stereocenters. The van der Waals surface area contributed by atoms with Gasteiger partial charge in [-0.1, -0.05) is 48.5 Å². The maximum atomic E-state index is 13.9. The predicted molar refractivity (Wildman–Crippen MR) is 155 cm³/mol. The second kappa shape index (κ2) is 12.1. The number of rotatable bonds is 9. The van der Waals surface area contributed by atoms with Crippen LogP contribution in [0.15, 0.2) is 72.8 Å². The van der Waals surface area contributed by atoms with Crippen molar-refractivity contribution in [2.24, 2.45) is 0 Å². The van der Waals surface area contributed by atoms with Crippen LogP contribution < -0.4 is 10.1 Å². The molecule has 1 aliphatic rings. The summed E-state index contributed by atoms with van der Waals surface area (Å²) in [6.45, 7) is 5.41. The lowest BCUT2D eigenvalue weighted by Gasteiger charge is -2.33. The Morgan fingerprint density at radius 3 is 2.48 bits per heavy atom. The van der Waals surface area contributed by atoms with Crippen molar-refractivity contribution in [1.29, 1.82) is 0 Å². The van der Waals surface area contributed by atoms with Crippen LogP contribution in [0.2, 0.25) is 0 Å². The van der Waals surface area contributed by atoms with E-state index in [-0.39, 0.29) is 29.4 Å². The number of nitrogens with one attached hydrogen (secondary N) is 1. The zero-order valence-electron chi connectivity index (χ0n) is 23.0. The van der Waals surface area contributed by atoms with Crippen molar-refractivity contribution in [3.8, 4) is 11.5 Å². The molecule has 0 aromatic heterocycles. The lowest BCUT2D eigenvalue weighted by atomic mass is 9.91.